The second kappa shape index (κ2) is 7.83. The molecule has 0 spiro atoms. The minimum atomic E-state index is -0.0513. The van der Waals surface area contributed by atoms with Crippen molar-refractivity contribution in [1.82, 2.24) is 0 Å². The smallest absolute Gasteiger partial charge is 0.161 e. The topological polar surface area (TPSA) is 29.6 Å². The molecule has 1 aliphatic heterocycles. The fourth-order valence-electron chi connectivity index (χ4n) is 2.20. The van der Waals surface area contributed by atoms with Crippen LogP contribution in [0.1, 0.15) is 71.6 Å². The van der Waals surface area contributed by atoms with Crippen LogP contribution in [0.4, 0.5) is 0 Å². The van der Waals surface area contributed by atoms with Crippen LogP contribution in [0.5, 0.6) is 0 Å². The van der Waals surface area contributed by atoms with E-state index in [0.29, 0.717) is 0 Å². The Balaban J connectivity index is 1.78. The van der Waals surface area contributed by atoms with Crippen molar-refractivity contribution in [2.45, 2.75) is 83.8 Å². The summed E-state index contributed by atoms with van der Waals surface area (Å²) >= 11 is 0. The molecule has 1 saturated heterocycles. The van der Waals surface area contributed by atoms with Gasteiger partial charge in [-0.3, -0.25) is 4.79 Å². The van der Waals surface area contributed by atoms with Crippen LogP contribution in [0.15, 0.2) is 0 Å². The first-order valence-electron chi connectivity index (χ1n) is 6.91. The minimum Gasteiger partial charge on any atom is -0.361 e. The zero-order valence-corrected chi connectivity index (χ0v) is 10.8. The van der Waals surface area contributed by atoms with Gasteiger partial charge in [-0.2, -0.15) is 0 Å². The maximum absolute atomic E-state index is 10.9. The van der Waals surface area contributed by atoms with Gasteiger partial charge in [0.25, 0.3) is 0 Å². The van der Waals surface area contributed by atoms with Crippen molar-refractivity contribution in [3.63, 3.8) is 0 Å². The van der Waals surface area contributed by atoms with E-state index < -0.39 is 0 Å². The fourth-order valence-corrected chi connectivity index (χ4v) is 2.20. The predicted molar refractivity (Wildman–Crippen MR) is 66.6 cm³/mol. The first kappa shape index (κ1) is 13.7. The maximum Gasteiger partial charge on any atom is 0.161 e. The summed E-state index contributed by atoms with van der Waals surface area (Å²) in [6.45, 7) is 3.87. The van der Waals surface area contributed by atoms with E-state index in [0.717, 1.165) is 6.42 Å². The highest BCUT2D eigenvalue weighted by molar-refractivity contribution is 5.83. The van der Waals surface area contributed by atoms with Crippen molar-refractivity contribution in [3.05, 3.63) is 0 Å². The molecule has 0 bridgehead atoms. The van der Waals surface area contributed by atoms with Crippen molar-refractivity contribution in [2.75, 3.05) is 0 Å². The Bertz CT molecular complexity index is 201. The van der Waals surface area contributed by atoms with Gasteiger partial charge in [0, 0.05) is 0 Å². The van der Waals surface area contributed by atoms with E-state index in [-0.39, 0.29) is 18.0 Å². The van der Waals surface area contributed by atoms with E-state index in [4.69, 9.17) is 4.74 Å². The lowest BCUT2D eigenvalue weighted by Gasteiger charge is -2.00. The molecule has 0 aromatic carbocycles. The third kappa shape index (κ3) is 5.64. The molecule has 0 aromatic rings. The Morgan fingerprint density at radius 3 is 2.06 bits per heavy atom. The molecule has 0 saturated carbocycles. The number of rotatable bonds is 10. The van der Waals surface area contributed by atoms with E-state index in [1.165, 1.54) is 51.4 Å². The third-order valence-electron chi connectivity index (χ3n) is 3.33. The molecule has 0 N–H and O–H groups in total. The zero-order chi connectivity index (χ0) is 11.8. The number of carbonyl (C=O) groups is 1. The first-order chi connectivity index (χ1) is 7.75. The summed E-state index contributed by atoms with van der Waals surface area (Å²) in [5.74, 6) is 0.199. The van der Waals surface area contributed by atoms with Gasteiger partial charge in [0.1, 0.15) is 6.10 Å². The van der Waals surface area contributed by atoms with Crippen molar-refractivity contribution in [3.8, 4) is 0 Å². The van der Waals surface area contributed by atoms with Gasteiger partial charge in [0.05, 0.1) is 6.10 Å². The number of hydrogen-bond acceptors (Lipinski definition) is 2. The molecule has 94 valence electrons. The average Bonchev–Trinajstić information content (AvgIpc) is 3.01. The Morgan fingerprint density at radius 2 is 1.56 bits per heavy atom. The molecule has 1 heterocycles. The largest absolute Gasteiger partial charge is 0.361 e. The molecule has 1 aliphatic rings. The van der Waals surface area contributed by atoms with Crippen molar-refractivity contribution in [1.29, 1.82) is 0 Å². The van der Waals surface area contributed by atoms with Crippen LogP contribution in [0.3, 0.4) is 0 Å². The maximum atomic E-state index is 10.9. The van der Waals surface area contributed by atoms with Crippen LogP contribution in [-0.2, 0) is 9.53 Å². The summed E-state index contributed by atoms with van der Waals surface area (Å²) in [6, 6.07) is 0. The van der Waals surface area contributed by atoms with Crippen molar-refractivity contribution < 1.29 is 9.53 Å². The lowest BCUT2D eigenvalue weighted by atomic mass is 10.1. The molecule has 0 aliphatic carbocycles. The molecular weight excluding hydrogens is 200 g/mol. The SMILES string of the molecule is CCCCCCCCCCC1OC1C(C)=O. The lowest BCUT2D eigenvalue weighted by Crippen LogP contribution is -2.04. The summed E-state index contributed by atoms with van der Waals surface area (Å²) in [5.41, 5.74) is 0. The first-order valence-corrected chi connectivity index (χ1v) is 6.91. The number of carbonyl (C=O) groups excluding carboxylic acids is 1. The lowest BCUT2D eigenvalue weighted by molar-refractivity contribution is -0.118. The van der Waals surface area contributed by atoms with Crippen LogP contribution < -0.4 is 0 Å². The molecule has 16 heavy (non-hydrogen) atoms. The van der Waals surface area contributed by atoms with Crippen LogP contribution in [-0.4, -0.2) is 18.0 Å². The monoisotopic (exact) mass is 226 g/mol. The van der Waals surface area contributed by atoms with Gasteiger partial charge in [-0.1, -0.05) is 58.3 Å². The van der Waals surface area contributed by atoms with E-state index in [1.807, 2.05) is 0 Å². The van der Waals surface area contributed by atoms with Crippen LogP contribution >= 0.6 is 0 Å². The standard InChI is InChI=1S/C14H26O2/c1-3-4-5-6-7-8-9-10-11-13-14(16-13)12(2)15/h13-14H,3-11H2,1-2H3. The van der Waals surface area contributed by atoms with Crippen LogP contribution in [0.2, 0.25) is 0 Å². The van der Waals surface area contributed by atoms with Gasteiger partial charge in [0.15, 0.2) is 5.78 Å². The highest BCUT2D eigenvalue weighted by atomic mass is 16.6. The van der Waals surface area contributed by atoms with E-state index in [2.05, 4.69) is 6.92 Å². The molecule has 0 radical (unpaired) electrons. The highest BCUT2D eigenvalue weighted by Gasteiger charge is 2.41. The van der Waals surface area contributed by atoms with E-state index in [1.54, 1.807) is 6.92 Å². The average molecular weight is 226 g/mol. The number of unbranched alkanes of at least 4 members (excludes halogenated alkanes) is 7. The second-order valence-electron chi connectivity index (χ2n) is 4.97. The number of hydrogen-bond donors (Lipinski definition) is 0. The fraction of sp³-hybridized carbons (Fsp3) is 0.929. The Kier molecular flexibility index (Phi) is 6.70. The third-order valence-corrected chi connectivity index (χ3v) is 3.33. The number of ether oxygens (including phenoxy) is 1. The normalized spacial score (nSPS) is 23.4. The molecular formula is C14H26O2. The number of epoxide rings is 1. The summed E-state index contributed by atoms with van der Waals surface area (Å²) < 4.78 is 5.29. The predicted octanol–water partition coefficient (Wildman–Crippen LogP) is 3.87. The summed E-state index contributed by atoms with van der Waals surface area (Å²) in [5, 5.41) is 0. The Labute approximate surface area is 99.8 Å². The second-order valence-corrected chi connectivity index (χ2v) is 4.97. The van der Waals surface area contributed by atoms with Gasteiger partial charge in [-0.05, 0) is 13.3 Å². The number of Topliss-reactive ketones (excluding diaryl/α,β-unsaturated/α-hetero) is 1. The molecule has 2 nitrogen and oxygen atoms in total. The Hall–Kier alpha value is -0.370. The highest BCUT2D eigenvalue weighted by Crippen LogP contribution is 2.28. The summed E-state index contributed by atoms with van der Waals surface area (Å²) in [6.07, 6.45) is 12.0. The molecule has 0 aromatic heterocycles. The summed E-state index contributed by atoms with van der Waals surface area (Å²) in [4.78, 5) is 10.9. The molecule has 2 unspecified atom stereocenters. The summed E-state index contributed by atoms with van der Waals surface area (Å²) in [7, 11) is 0. The van der Waals surface area contributed by atoms with Crippen molar-refractivity contribution >= 4 is 5.78 Å². The van der Waals surface area contributed by atoms with Gasteiger partial charge >= 0.3 is 0 Å². The van der Waals surface area contributed by atoms with Crippen molar-refractivity contribution in [2.24, 2.45) is 0 Å². The molecule has 2 atom stereocenters. The van der Waals surface area contributed by atoms with Crippen LogP contribution in [0, 0.1) is 0 Å². The van der Waals surface area contributed by atoms with Gasteiger partial charge in [-0.15, -0.1) is 0 Å². The quantitative estimate of drug-likeness (QED) is 0.418. The molecule has 2 heteroatoms. The molecule has 1 rings (SSSR count). The zero-order valence-electron chi connectivity index (χ0n) is 10.8. The van der Waals surface area contributed by atoms with Gasteiger partial charge in [-0.25, -0.2) is 0 Å². The van der Waals surface area contributed by atoms with Gasteiger partial charge < -0.3 is 4.74 Å². The van der Waals surface area contributed by atoms with Gasteiger partial charge in [0.2, 0.25) is 0 Å². The van der Waals surface area contributed by atoms with E-state index in [9.17, 15) is 4.79 Å². The molecule has 1 fully saturated rings. The number of ketones is 1. The van der Waals surface area contributed by atoms with E-state index >= 15 is 0 Å². The Morgan fingerprint density at radius 1 is 1.00 bits per heavy atom. The minimum absolute atomic E-state index is 0.0513. The molecule has 0 amide bonds. The van der Waals surface area contributed by atoms with Crippen LogP contribution in [0.25, 0.3) is 0 Å².